The fraction of sp³-hybridized carbons (Fsp3) is 0.647. The highest BCUT2D eigenvalue weighted by Gasteiger charge is 2.13. The Morgan fingerprint density at radius 1 is 1.25 bits per heavy atom. The van der Waals surface area contributed by atoms with Crippen molar-refractivity contribution in [3.05, 3.63) is 29.6 Å². The molecular formula is C17H29FN2. The van der Waals surface area contributed by atoms with Gasteiger partial charge in [0.2, 0.25) is 0 Å². The highest BCUT2D eigenvalue weighted by molar-refractivity contribution is 5.54. The van der Waals surface area contributed by atoms with Crippen LogP contribution in [0.4, 0.5) is 10.1 Å². The third-order valence-electron chi connectivity index (χ3n) is 3.66. The van der Waals surface area contributed by atoms with Crippen LogP contribution in [-0.4, -0.2) is 19.6 Å². The topological polar surface area (TPSA) is 15.3 Å². The summed E-state index contributed by atoms with van der Waals surface area (Å²) >= 11 is 0. The molecule has 2 nitrogen and oxygen atoms in total. The Kier molecular flexibility index (Phi) is 7.00. The number of hydrogen-bond donors (Lipinski definition) is 1. The Morgan fingerprint density at radius 3 is 2.55 bits per heavy atom. The molecule has 0 radical (unpaired) electrons. The molecule has 0 bridgehead atoms. The predicted octanol–water partition coefficient (Wildman–Crippen LogP) is 4.20. The van der Waals surface area contributed by atoms with E-state index >= 15 is 0 Å². The van der Waals surface area contributed by atoms with E-state index in [1.54, 1.807) is 12.1 Å². The van der Waals surface area contributed by atoms with Crippen LogP contribution in [0.5, 0.6) is 0 Å². The van der Waals surface area contributed by atoms with Crippen LogP contribution in [0.25, 0.3) is 0 Å². The SMILES string of the molecule is CCCC(C)N(C)c1ccc(F)cc1CNCC(C)C. The number of anilines is 1. The van der Waals surface area contributed by atoms with Crippen LogP contribution in [0.3, 0.4) is 0 Å². The van der Waals surface area contributed by atoms with Crippen molar-refractivity contribution < 1.29 is 4.39 Å². The van der Waals surface area contributed by atoms with E-state index in [0.717, 1.165) is 30.6 Å². The molecule has 114 valence electrons. The van der Waals surface area contributed by atoms with Crippen molar-refractivity contribution in [3.8, 4) is 0 Å². The number of halogens is 1. The fourth-order valence-corrected chi connectivity index (χ4v) is 2.38. The van der Waals surface area contributed by atoms with Crippen molar-refractivity contribution in [2.24, 2.45) is 5.92 Å². The quantitative estimate of drug-likeness (QED) is 0.768. The molecule has 0 heterocycles. The zero-order valence-corrected chi connectivity index (χ0v) is 13.5. The van der Waals surface area contributed by atoms with E-state index in [2.05, 4.69) is 45.0 Å². The molecule has 20 heavy (non-hydrogen) atoms. The van der Waals surface area contributed by atoms with Gasteiger partial charge in [0.1, 0.15) is 5.82 Å². The lowest BCUT2D eigenvalue weighted by Gasteiger charge is -2.29. The van der Waals surface area contributed by atoms with Gasteiger partial charge >= 0.3 is 0 Å². The molecule has 0 saturated heterocycles. The molecule has 1 aromatic rings. The van der Waals surface area contributed by atoms with Crippen molar-refractivity contribution in [3.63, 3.8) is 0 Å². The first-order valence-corrected chi connectivity index (χ1v) is 7.67. The van der Waals surface area contributed by atoms with E-state index in [1.807, 2.05) is 6.07 Å². The molecule has 0 aliphatic rings. The number of nitrogens with zero attached hydrogens (tertiary/aromatic N) is 1. The third kappa shape index (κ3) is 5.12. The smallest absolute Gasteiger partial charge is 0.123 e. The first-order chi connectivity index (χ1) is 9.45. The second kappa shape index (κ2) is 8.25. The Balaban J connectivity index is 2.83. The fourth-order valence-electron chi connectivity index (χ4n) is 2.38. The van der Waals surface area contributed by atoms with Crippen LogP contribution >= 0.6 is 0 Å². The van der Waals surface area contributed by atoms with Crippen LogP contribution in [0.1, 0.15) is 46.1 Å². The van der Waals surface area contributed by atoms with Crippen LogP contribution in [-0.2, 0) is 6.54 Å². The molecule has 0 fully saturated rings. The number of hydrogen-bond acceptors (Lipinski definition) is 2. The van der Waals surface area contributed by atoms with Crippen molar-refractivity contribution >= 4 is 5.69 Å². The Labute approximate surface area is 123 Å². The summed E-state index contributed by atoms with van der Waals surface area (Å²) in [6.45, 7) is 10.4. The van der Waals surface area contributed by atoms with Crippen LogP contribution in [0.2, 0.25) is 0 Å². The van der Waals surface area contributed by atoms with Crippen LogP contribution < -0.4 is 10.2 Å². The molecule has 1 N–H and O–H groups in total. The Bertz CT molecular complexity index is 404. The van der Waals surface area contributed by atoms with Crippen molar-refractivity contribution in [2.75, 3.05) is 18.5 Å². The van der Waals surface area contributed by atoms with E-state index in [1.165, 1.54) is 0 Å². The number of rotatable bonds is 8. The average molecular weight is 280 g/mol. The lowest BCUT2D eigenvalue weighted by Crippen LogP contribution is -2.30. The van der Waals surface area contributed by atoms with E-state index in [-0.39, 0.29) is 5.82 Å². The highest BCUT2D eigenvalue weighted by Crippen LogP contribution is 2.23. The molecule has 3 heteroatoms. The summed E-state index contributed by atoms with van der Waals surface area (Å²) in [5.74, 6) is 0.440. The maximum absolute atomic E-state index is 13.5. The zero-order valence-electron chi connectivity index (χ0n) is 13.5. The monoisotopic (exact) mass is 280 g/mol. The van der Waals surface area contributed by atoms with E-state index in [9.17, 15) is 4.39 Å². The molecule has 0 aromatic heterocycles. The minimum absolute atomic E-state index is 0.161. The molecule has 1 atom stereocenters. The molecule has 1 unspecified atom stereocenters. The van der Waals surface area contributed by atoms with E-state index in [0.29, 0.717) is 18.5 Å². The minimum atomic E-state index is -0.161. The normalized spacial score (nSPS) is 12.8. The molecule has 0 aliphatic heterocycles. The Morgan fingerprint density at radius 2 is 1.95 bits per heavy atom. The summed E-state index contributed by atoms with van der Waals surface area (Å²) in [6, 6.07) is 5.57. The third-order valence-corrected chi connectivity index (χ3v) is 3.66. The van der Waals surface area contributed by atoms with Crippen molar-refractivity contribution in [1.82, 2.24) is 5.32 Å². The highest BCUT2D eigenvalue weighted by atomic mass is 19.1. The standard InChI is InChI=1S/C17H29FN2/c1-6-7-14(4)20(5)17-9-8-16(18)10-15(17)12-19-11-13(2)3/h8-10,13-14,19H,6-7,11-12H2,1-5H3. The maximum Gasteiger partial charge on any atom is 0.123 e. The summed E-state index contributed by atoms with van der Waals surface area (Å²) in [7, 11) is 2.10. The van der Waals surface area contributed by atoms with E-state index in [4.69, 9.17) is 0 Å². The molecule has 0 spiro atoms. The second-order valence-electron chi connectivity index (χ2n) is 6.05. The van der Waals surface area contributed by atoms with Gasteiger partial charge in [0.25, 0.3) is 0 Å². The van der Waals surface area contributed by atoms with Gasteiger partial charge in [0, 0.05) is 25.3 Å². The summed E-state index contributed by atoms with van der Waals surface area (Å²) in [4.78, 5) is 2.26. The van der Waals surface area contributed by atoms with Gasteiger partial charge in [0.15, 0.2) is 0 Å². The first kappa shape index (κ1) is 17.0. The van der Waals surface area contributed by atoms with Crippen molar-refractivity contribution in [2.45, 2.75) is 53.1 Å². The van der Waals surface area contributed by atoms with Gasteiger partial charge in [-0.1, -0.05) is 27.2 Å². The second-order valence-corrected chi connectivity index (χ2v) is 6.05. The molecule has 0 saturated carbocycles. The van der Waals surface area contributed by atoms with Gasteiger partial charge in [-0.05, 0) is 49.6 Å². The van der Waals surface area contributed by atoms with Crippen LogP contribution in [0, 0.1) is 11.7 Å². The lowest BCUT2D eigenvalue weighted by atomic mass is 10.1. The maximum atomic E-state index is 13.5. The van der Waals surface area contributed by atoms with Gasteiger partial charge in [-0.2, -0.15) is 0 Å². The predicted molar refractivity (Wildman–Crippen MR) is 85.7 cm³/mol. The van der Waals surface area contributed by atoms with Crippen LogP contribution in [0.15, 0.2) is 18.2 Å². The van der Waals surface area contributed by atoms with Gasteiger partial charge in [-0.25, -0.2) is 4.39 Å². The number of nitrogens with one attached hydrogen (secondary N) is 1. The zero-order chi connectivity index (χ0) is 15.1. The summed E-state index contributed by atoms with van der Waals surface area (Å²) in [5, 5.41) is 3.40. The molecule has 0 amide bonds. The molecule has 0 aliphatic carbocycles. The van der Waals surface area contributed by atoms with Gasteiger partial charge in [-0.3, -0.25) is 0 Å². The lowest BCUT2D eigenvalue weighted by molar-refractivity contribution is 0.547. The average Bonchev–Trinajstić information content (AvgIpc) is 2.38. The summed E-state index contributed by atoms with van der Waals surface area (Å²) in [5.41, 5.74) is 2.17. The van der Waals surface area contributed by atoms with Gasteiger partial charge < -0.3 is 10.2 Å². The van der Waals surface area contributed by atoms with E-state index < -0.39 is 0 Å². The Hall–Kier alpha value is -1.09. The summed E-state index contributed by atoms with van der Waals surface area (Å²) in [6.07, 6.45) is 2.31. The van der Waals surface area contributed by atoms with Crippen molar-refractivity contribution in [1.29, 1.82) is 0 Å². The first-order valence-electron chi connectivity index (χ1n) is 7.67. The molecule has 1 rings (SSSR count). The van der Waals surface area contributed by atoms with Gasteiger partial charge in [0.05, 0.1) is 0 Å². The minimum Gasteiger partial charge on any atom is -0.372 e. The largest absolute Gasteiger partial charge is 0.372 e. The summed E-state index contributed by atoms with van der Waals surface area (Å²) < 4.78 is 13.5. The molecule has 1 aromatic carbocycles. The van der Waals surface area contributed by atoms with Gasteiger partial charge in [-0.15, -0.1) is 0 Å². The molecular weight excluding hydrogens is 251 g/mol. The number of benzene rings is 1.